The Morgan fingerprint density at radius 1 is 1.32 bits per heavy atom. The van der Waals surface area contributed by atoms with Crippen molar-refractivity contribution in [2.24, 2.45) is 5.73 Å². The van der Waals surface area contributed by atoms with Gasteiger partial charge in [-0.2, -0.15) is 0 Å². The highest BCUT2D eigenvalue weighted by Crippen LogP contribution is 2.23. The van der Waals surface area contributed by atoms with Gasteiger partial charge in [-0.05, 0) is 50.3 Å². The van der Waals surface area contributed by atoms with Crippen LogP contribution in [-0.4, -0.2) is 28.5 Å². The molecule has 19 heavy (non-hydrogen) atoms. The quantitative estimate of drug-likeness (QED) is 0.890. The van der Waals surface area contributed by atoms with Gasteiger partial charge in [0.25, 0.3) is 0 Å². The molecule has 2 rings (SSSR count). The number of halogens is 1. The first-order valence-corrected chi connectivity index (χ1v) is 7.28. The molecule has 1 aliphatic rings. The summed E-state index contributed by atoms with van der Waals surface area (Å²) in [6.45, 7) is 4.03. The van der Waals surface area contributed by atoms with E-state index in [9.17, 15) is 4.39 Å². The molecule has 0 amide bonds. The average molecular weight is 265 g/mol. The summed E-state index contributed by atoms with van der Waals surface area (Å²) in [6.07, 6.45) is 8.66. The molecule has 1 aromatic heterocycles. The zero-order valence-electron chi connectivity index (χ0n) is 11.7. The van der Waals surface area contributed by atoms with E-state index in [1.807, 2.05) is 0 Å². The SMILES string of the molecule is CCCN(Cc1cncc(F)c1)C1CCC(N)CC1. The zero-order chi connectivity index (χ0) is 13.7. The largest absolute Gasteiger partial charge is 0.328 e. The molecule has 0 unspecified atom stereocenters. The lowest BCUT2D eigenvalue weighted by Crippen LogP contribution is -2.40. The van der Waals surface area contributed by atoms with Crippen LogP contribution in [0.1, 0.15) is 44.6 Å². The zero-order valence-corrected chi connectivity index (χ0v) is 11.7. The van der Waals surface area contributed by atoms with Crippen LogP contribution in [0.15, 0.2) is 18.5 Å². The number of nitrogens with zero attached hydrogens (tertiary/aromatic N) is 2. The van der Waals surface area contributed by atoms with E-state index in [4.69, 9.17) is 5.73 Å². The minimum Gasteiger partial charge on any atom is -0.328 e. The molecule has 1 aliphatic carbocycles. The summed E-state index contributed by atoms with van der Waals surface area (Å²) >= 11 is 0. The van der Waals surface area contributed by atoms with Gasteiger partial charge >= 0.3 is 0 Å². The van der Waals surface area contributed by atoms with Crippen molar-refractivity contribution in [3.63, 3.8) is 0 Å². The molecular formula is C15H24FN3. The van der Waals surface area contributed by atoms with Crippen molar-refractivity contribution in [1.29, 1.82) is 0 Å². The minimum absolute atomic E-state index is 0.250. The van der Waals surface area contributed by atoms with Gasteiger partial charge in [-0.15, -0.1) is 0 Å². The molecule has 106 valence electrons. The van der Waals surface area contributed by atoms with Gasteiger partial charge in [-0.3, -0.25) is 9.88 Å². The number of aromatic nitrogens is 1. The summed E-state index contributed by atoms with van der Waals surface area (Å²) in [5.41, 5.74) is 6.93. The predicted octanol–water partition coefficient (Wildman–Crippen LogP) is 2.70. The van der Waals surface area contributed by atoms with Crippen LogP contribution in [0.5, 0.6) is 0 Å². The molecule has 0 saturated heterocycles. The minimum atomic E-state index is -0.250. The molecule has 2 N–H and O–H groups in total. The topological polar surface area (TPSA) is 42.2 Å². The summed E-state index contributed by atoms with van der Waals surface area (Å²) < 4.78 is 13.2. The van der Waals surface area contributed by atoms with Crippen molar-refractivity contribution < 1.29 is 4.39 Å². The number of pyridine rings is 1. The molecule has 0 atom stereocenters. The van der Waals surface area contributed by atoms with Crippen molar-refractivity contribution >= 4 is 0 Å². The standard InChI is InChI=1S/C15H24FN3/c1-2-7-19(15-5-3-14(17)4-6-15)11-12-8-13(16)10-18-9-12/h8-10,14-15H,2-7,11,17H2,1H3. The van der Waals surface area contributed by atoms with Crippen molar-refractivity contribution in [3.05, 3.63) is 29.8 Å². The van der Waals surface area contributed by atoms with E-state index in [2.05, 4.69) is 16.8 Å². The number of nitrogens with two attached hydrogens (primary N) is 1. The van der Waals surface area contributed by atoms with Crippen LogP contribution in [0.25, 0.3) is 0 Å². The Morgan fingerprint density at radius 2 is 2.05 bits per heavy atom. The van der Waals surface area contributed by atoms with Crippen LogP contribution in [-0.2, 0) is 6.54 Å². The van der Waals surface area contributed by atoms with Crippen LogP contribution in [0.4, 0.5) is 4.39 Å². The first-order chi connectivity index (χ1) is 9.19. The fraction of sp³-hybridized carbons (Fsp3) is 0.667. The summed E-state index contributed by atoms with van der Waals surface area (Å²) in [5, 5.41) is 0. The number of rotatable bonds is 5. The van der Waals surface area contributed by atoms with Gasteiger partial charge < -0.3 is 5.73 Å². The predicted molar refractivity (Wildman–Crippen MR) is 75.1 cm³/mol. The molecule has 0 spiro atoms. The molecule has 1 heterocycles. The molecular weight excluding hydrogens is 241 g/mol. The number of hydrogen-bond donors (Lipinski definition) is 1. The summed E-state index contributed by atoms with van der Waals surface area (Å²) in [4.78, 5) is 6.39. The van der Waals surface area contributed by atoms with Gasteiger partial charge in [0, 0.05) is 24.8 Å². The fourth-order valence-corrected chi connectivity index (χ4v) is 2.92. The molecule has 0 bridgehead atoms. The molecule has 1 fully saturated rings. The van der Waals surface area contributed by atoms with Crippen LogP contribution >= 0.6 is 0 Å². The Hall–Kier alpha value is -1.00. The molecule has 1 aromatic rings. The van der Waals surface area contributed by atoms with Crippen LogP contribution in [0.3, 0.4) is 0 Å². The van der Waals surface area contributed by atoms with Crippen molar-refractivity contribution in [2.45, 2.75) is 57.7 Å². The van der Waals surface area contributed by atoms with Crippen molar-refractivity contribution in [1.82, 2.24) is 9.88 Å². The second-order valence-corrected chi connectivity index (χ2v) is 5.55. The molecule has 0 radical (unpaired) electrons. The van der Waals surface area contributed by atoms with E-state index in [1.54, 1.807) is 12.3 Å². The lowest BCUT2D eigenvalue weighted by atomic mass is 9.90. The second kappa shape index (κ2) is 6.96. The smallest absolute Gasteiger partial charge is 0.141 e. The van der Waals surface area contributed by atoms with Gasteiger partial charge in [0.15, 0.2) is 0 Å². The van der Waals surface area contributed by atoms with Gasteiger partial charge in [0.1, 0.15) is 5.82 Å². The average Bonchev–Trinajstić information content (AvgIpc) is 2.39. The highest BCUT2D eigenvalue weighted by Gasteiger charge is 2.23. The van der Waals surface area contributed by atoms with E-state index >= 15 is 0 Å². The lowest BCUT2D eigenvalue weighted by Gasteiger charge is -2.36. The van der Waals surface area contributed by atoms with Crippen molar-refractivity contribution in [2.75, 3.05) is 6.54 Å². The third kappa shape index (κ3) is 4.25. The Kier molecular flexibility index (Phi) is 5.28. The maximum absolute atomic E-state index is 13.2. The van der Waals surface area contributed by atoms with Crippen LogP contribution < -0.4 is 5.73 Å². The molecule has 4 heteroatoms. The van der Waals surface area contributed by atoms with E-state index in [1.165, 1.54) is 6.20 Å². The first kappa shape index (κ1) is 14.4. The number of hydrogen-bond acceptors (Lipinski definition) is 3. The van der Waals surface area contributed by atoms with Gasteiger partial charge in [0.2, 0.25) is 0 Å². The molecule has 0 aliphatic heterocycles. The van der Waals surface area contributed by atoms with Crippen LogP contribution in [0.2, 0.25) is 0 Å². The van der Waals surface area contributed by atoms with E-state index in [-0.39, 0.29) is 5.82 Å². The Labute approximate surface area is 115 Å². The highest BCUT2D eigenvalue weighted by molar-refractivity contribution is 5.10. The third-order valence-corrected chi connectivity index (χ3v) is 3.92. The maximum Gasteiger partial charge on any atom is 0.141 e. The Bertz CT molecular complexity index is 389. The maximum atomic E-state index is 13.2. The van der Waals surface area contributed by atoms with Crippen molar-refractivity contribution in [3.8, 4) is 0 Å². The van der Waals surface area contributed by atoms with Gasteiger partial charge in [-0.1, -0.05) is 6.92 Å². The second-order valence-electron chi connectivity index (χ2n) is 5.55. The summed E-state index contributed by atoms with van der Waals surface area (Å²) in [5.74, 6) is -0.250. The van der Waals surface area contributed by atoms with Crippen LogP contribution in [0, 0.1) is 5.82 Å². The fourth-order valence-electron chi connectivity index (χ4n) is 2.92. The third-order valence-electron chi connectivity index (χ3n) is 3.92. The molecule has 0 aromatic carbocycles. The van der Waals surface area contributed by atoms with E-state index in [0.717, 1.165) is 50.8 Å². The van der Waals surface area contributed by atoms with E-state index in [0.29, 0.717) is 12.1 Å². The first-order valence-electron chi connectivity index (χ1n) is 7.28. The lowest BCUT2D eigenvalue weighted by molar-refractivity contribution is 0.142. The summed E-state index contributed by atoms with van der Waals surface area (Å²) in [7, 11) is 0. The van der Waals surface area contributed by atoms with Gasteiger partial charge in [-0.25, -0.2) is 4.39 Å². The Balaban J connectivity index is 1.99. The monoisotopic (exact) mass is 265 g/mol. The molecule has 1 saturated carbocycles. The normalized spacial score (nSPS) is 23.8. The summed E-state index contributed by atoms with van der Waals surface area (Å²) in [6, 6.07) is 2.54. The van der Waals surface area contributed by atoms with E-state index < -0.39 is 0 Å². The molecule has 3 nitrogen and oxygen atoms in total. The van der Waals surface area contributed by atoms with Gasteiger partial charge in [0.05, 0.1) is 6.20 Å². The highest BCUT2D eigenvalue weighted by atomic mass is 19.1. The Morgan fingerprint density at radius 3 is 2.68 bits per heavy atom.